The number of nitrogens with zero attached hydrogens (tertiary/aromatic N) is 3. The summed E-state index contributed by atoms with van der Waals surface area (Å²) in [7, 11) is 0. The number of ether oxygens (including phenoxy) is 1. The van der Waals surface area contributed by atoms with E-state index < -0.39 is 0 Å². The van der Waals surface area contributed by atoms with E-state index in [9.17, 15) is 4.79 Å². The molecule has 2 heterocycles. The Kier molecular flexibility index (Phi) is 4.74. The van der Waals surface area contributed by atoms with Gasteiger partial charge in [0, 0.05) is 11.4 Å². The van der Waals surface area contributed by atoms with Crippen LogP contribution >= 0.6 is 0 Å². The highest BCUT2D eigenvalue weighted by atomic mass is 16.5. The van der Waals surface area contributed by atoms with Crippen LogP contribution in [-0.4, -0.2) is 27.3 Å². The van der Waals surface area contributed by atoms with Gasteiger partial charge in [-0.1, -0.05) is 18.2 Å². The van der Waals surface area contributed by atoms with Crippen molar-refractivity contribution in [2.75, 3.05) is 11.9 Å². The second-order valence-electron chi connectivity index (χ2n) is 5.78. The lowest BCUT2D eigenvalue weighted by Crippen LogP contribution is -2.15. The zero-order valence-electron chi connectivity index (χ0n) is 13.8. The highest BCUT2D eigenvalue weighted by Gasteiger charge is 2.09. The van der Waals surface area contributed by atoms with Gasteiger partial charge in [0.25, 0.3) is 0 Å². The van der Waals surface area contributed by atoms with Gasteiger partial charge in [-0.2, -0.15) is 5.10 Å². The lowest BCUT2D eigenvalue weighted by atomic mass is 10.3. The topological polar surface area (TPSA) is 69.0 Å². The van der Waals surface area contributed by atoms with Gasteiger partial charge in [-0.05, 0) is 32.0 Å². The molecule has 1 amide bonds. The molecular formula is C18H20N4O2. The molecule has 0 saturated carbocycles. The third kappa shape index (κ3) is 3.71. The molecule has 0 unspecified atom stereocenters. The summed E-state index contributed by atoms with van der Waals surface area (Å²) < 4.78 is 7.38. The van der Waals surface area contributed by atoms with Gasteiger partial charge in [-0.3, -0.25) is 4.79 Å². The third-order valence-corrected chi connectivity index (χ3v) is 3.55. The van der Waals surface area contributed by atoms with Crippen LogP contribution in [0.1, 0.15) is 26.3 Å². The van der Waals surface area contributed by atoms with Gasteiger partial charge in [0.15, 0.2) is 5.65 Å². The summed E-state index contributed by atoms with van der Waals surface area (Å²) in [6.45, 7) is 4.43. The number of pyridine rings is 1. The maximum atomic E-state index is 12.0. The molecule has 0 fully saturated rings. The van der Waals surface area contributed by atoms with Crippen LogP contribution in [0.15, 0.2) is 48.8 Å². The van der Waals surface area contributed by atoms with E-state index in [2.05, 4.69) is 29.2 Å². The molecule has 0 bridgehead atoms. The summed E-state index contributed by atoms with van der Waals surface area (Å²) in [6, 6.07) is 11.6. The van der Waals surface area contributed by atoms with Crippen molar-refractivity contribution in [2.45, 2.75) is 26.3 Å². The average Bonchev–Trinajstić information content (AvgIpc) is 2.99. The van der Waals surface area contributed by atoms with Crippen molar-refractivity contribution in [1.82, 2.24) is 14.8 Å². The van der Waals surface area contributed by atoms with Gasteiger partial charge < -0.3 is 10.1 Å². The molecule has 24 heavy (non-hydrogen) atoms. The van der Waals surface area contributed by atoms with Crippen molar-refractivity contribution in [2.24, 2.45) is 0 Å². The molecule has 0 spiro atoms. The summed E-state index contributed by atoms with van der Waals surface area (Å²) in [6.07, 6.45) is 3.69. The molecule has 124 valence electrons. The second kappa shape index (κ2) is 7.12. The first-order valence-electron chi connectivity index (χ1n) is 7.94. The van der Waals surface area contributed by atoms with Gasteiger partial charge in [-0.25, -0.2) is 9.67 Å². The van der Waals surface area contributed by atoms with Crippen LogP contribution in [0.3, 0.4) is 0 Å². The molecule has 1 aromatic carbocycles. The average molecular weight is 324 g/mol. The summed E-state index contributed by atoms with van der Waals surface area (Å²) in [5.74, 6) is 0.651. The molecule has 0 aliphatic rings. The van der Waals surface area contributed by atoms with Crippen molar-refractivity contribution in [3.8, 4) is 5.75 Å². The molecule has 0 saturated heterocycles. The predicted molar refractivity (Wildman–Crippen MR) is 93.1 cm³/mol. The largest absolute Gasteiger partial charge is 0.493 e. The van der Waals surface area contributed by atoms with Crippen molar-refractivity contribution >= 4 is 22.6 Å². The monoisotopic (exact) mass is 324 g/mol. The summed E-state index contributed by atoms with van der Waals surface area (Å²) in [5, 5.41) is 8.06. The molecule has 2 aromatic heterocycles. The number of hydrogen-bond acceptors (Lipinski definition) is 4. The number of hydrogen-bond donors (Lipinski definition) is 1. The smallest absolute Gasteiger partial charge is 0.227 e. The van der Waals surface area contributed by atoms with Crippen molar-refractivity contribution in [1.29, 1.82) is 0 Å². The van der Waals surface area contributed by atoms with Crippen LogP contribution < -0.4 is 10.1 Å². The van der Waals surface area contributed by atoms with E-state index in [0.29, 0.717) is 12.3 Å². The minimum atomic E-state index is -0.108. The number of aromatic nitrogens is 3. The van der Waals surface area contributed by atoms with E-state index in [0.717, 1.165) is 16.8 Å². The summed E-state index contributed by atoms with van der Waals surface area (Å²) >= 11 is 0. The molecule has 1 N–H and O–H groups in total. The Bertz CT molecular complexity index is 827. The normalized spacial score (nSPS) is 11.0. The number of para-hydroxylation sites is 1. The van der Waals surface area contributed by atoms with Gasteiger partial charge in [-0.15, -0.1) is 0 Å². The fraction of sp³-hybridized carbons (Fsp3) is 0.278. The SMILES string of the molecule is CC(C)n1ncc2cc(NC(=O)CCOc3ccccc3)cnc21. The van der Waals surface area contributed by atoms with Gasteiger partial charge >= 0.3 is 0 Å². The molecule has 6 nitrogen and oxygen atoms in total. The predicted octanol–water partition coefficient (Wildman–Crippen LogP) is 3.42. The van der Waals surface area contributed by atoms with E-state index in [1.165, 1.54) is 0 Å². The second-order valence-corrected chi connectivity index (χ2v) is 5.78. The molecule has 0 aliphatic heterocycles. The zero-order chi connectivity index (χ0) is 16.9. The summed E-state index contributed by atoms with van der Waals surface area (Å²) in [5.41, 5.74) is 1.48. The van der Waals surface area contributed by atoms with Crippen LogP contribution in [0.4, 0.5) is 5.69 Å². The van der Waals surface area contributed by atoms with Crippen LogP contribution in [-0.2, 0) is 4.79 Å². The Balaban J connectivity index is 1.57. The molecular weight excluding hydrogens is 304 g/mol. The van der Waals surface area contributed by atoms with E-state index in [1.54, 1.807) is 12.4 Å². The first-order valence-corrected chi connectivity index (χ1v) is 7.94. The lowest BCUT2D eigenvalue weighted by Gasteiger charge is -2.08. The zero-order valence-corrected chi connectivity index (χ0v) is 13.8. The minimum Gasteiger partial charge on any atom is -0.493 e. The van der Waals surface area contributed by atoms with E-state index in [4.69, 9.17) is 4.74 Å². The van der Waals surface area contributed by atoms with E-state index in [1.807, 2.05) is 41.1 Å². The molecule has 3 aromatic rings. The number of rotatable bonds is 6. The summed E-state index contributed by atoms with van der Waals surface area (Å²) in [4.78, 5) is 16.4. The van der Waals surface area contributed by atoms with Crippen LogP contribution in [0.25, 0.3) is 11.0 Å². The standard InChI is InChI=1S/C18H20N4O2/c1-13(2)22-18-14(11-20-22)10-15(12-19-18)21-17(23)8-9-24-16-6-4-3-5-7-16/h3-7,10-13H,8-9H2,1-2H3,(H,21,23). The third-order valence-electron chi connectivity index (χ3n) is 3.55. The molecule has 0 atom stereocenters. The molecule has 3 rings (SSSR count). The molecule has 0 radical (unpaired) electrons. The number of fused-ring (bicyclic) bond motifs is 1. The fourth-order valence-corrected chi connectivity index (χ4v) is 2.39. The Morgan fingerprint density at radius 2 is 2.04 bits per heavy atom. The van der Waals surface area contributed by atoms with Gasteiger partial charge in [0.1, 0.15) is 5.75 Å². The fourth-order valence-electron chi connectivity index (χ4n) is 2.39. The van der Waals surface area contributed by atoms with E-state index in [-0.39, 0.29) is 18.4 Å². The number of amides is 1. The minimum absolute atomic E-state index is 0.108. The number of carbonyl (C=O) groups excluding carboxylic acids is 1. The van der Waals surface area contributed by atoms with Crippen LogP contribution in [0, 0.1) is 0 Å². The first kappa shape index (κ1) is 16.0. The Morgan fingerprint density at radius 1 is 1.25 bits per heavy atom. The Hall–Kier alpha value is -2.89. The highest BCUT2D eigenvalue weighted by molar-refractivity contribution is 5.92. The quantitative estimate of drug-likeness (QED) is 0.754. The van der Waals surface area contributed by atoms with Gasteiger partial charge in [0.2, 0.25) is 5.91 Å². The first-order chi connectivity index (χ1) is 11.6. The number of carbonyl (C=O) groups is 1. The Morgan fingerprint density at radius 3 is 2.79 bits per heavy atom. The maximum Gasteiger partial charge on any atom is 0.227 e. The van der Waals surface area contributed by atoms with Crippen molar-refractivity contribution < 1.29 is 9.53 Å². The highest BCUT2D eigenvalue weighted by Crippen LogP contribution is 2.19. The number of benzene rings is 1. The van der Waals surface area contributed by atoms with Crippen molar-refractivity contribution in [3.05, 3.63) is 48.8 Å². The number of nitrogens with one attached hydrogen (secondary N) is 1. The maximum absolute atomic E-state index is 12.0. The van der Waals surface area contributed by atoms with E-state index >= 15 is 0 Å². The van der Waals surface area contributed by atoms with Crippen molar-refractivity contribution in [3.63, 3.8) is 0 Å². The van der Waals surface area contributed by atoms with Crippen LogP contribution in [0.2, 0.25) is 0 Å². The van der Waals surface area contributed by atoms with Gasteiger partial charge in [0.05, 0.1) is 31.1 Å². The molecule has 0 aliphatic carbocycles. The van der Waals surface area contributed by atoms with Crippen LogP contribution in [0.5, 0.6) is 5.75 Å². The molecule has 6 heteroatoms. The number of anilines is 1. The Labute approximate surface area is 140 Å². The lowest BCUT2D eigenvalue weighted by molar-refractivity contribution is -0.116.